The Morgan fingerprint density at radius 1 is 0.951 bits per heavy atom. The summed E-state index contributed by atoms with van der Waals surface area (Å²) in [5.41, 5.74) is 4.61. The maximum Gasteiger partial charge on any atom is 0.335 e. The highest BCUT2D eigenvalue weighted by molar-refractivity contribution is 6.36. The molecule has 1 N–H and O–H groups in total. The largest absolute Gasteiger partial charge is 0.489 e. The quantitative estimate of drug-likeness (QED) is 0.187. The minimum atomic E-state index is -0.966. The first-order valence-electron chi connectivity index (χ1n) is 12.9. The van der Waals surface area contributed by atoms with Gasteiger partial charge in [0.05, 0.1) is 16.3 Å². The molecule has 5 aromatic rings. The second-order valence-electron chi connectivity index (χ2n) is 9.28. The second-order valence-corrected chi connectivity index (χ2v) is 10.1. The number of carbonyl (C=O) groups is 1. The van der Waals surface area contributed by atoms with Crippen molar-refractivity contribution in [3.05, 3.63) is 130 Å². The van der Waals surface area contributed by atoms with Crippen molar-refractivity contribution in [1.82, 2.24) is 9.55 Å². The number of aromatic nitrogens is 2. The summed E-state index contributed by atoms with van der Waals surface area (Å²) in [5.74, 6) is 0.0263. The molecule has 0 aliphatic heterocycles. The van der Waals surface area contributed by atoms with E-state index in [1.165, 1.54) is 6.07 Å². The van der Waals surface area contributed by atoms with Crippen LogP contribution < -0.4 is 4.74 Å². The van der Waals surface area contributed by atoms with Crippen molar-refractivity contribution in [3.8, 4) is 28.1 Å². The van der Waals surface area contributed by atoms with Gasteiger partial charge in [0, 0.05) is 28.9 Å². The first kappa shape index (κ1) is 28.1. The normalized spacial score (nSPS) is 11.2. The molecule has 0 spiro atoms. The SMILES string of the molecule is CCn1cc(-c2ccc(Cl)cc2Cl)nc1/C=C/c1ccc(-c2ccc(OCc3ccc(C(=O)O)cc3)cc2)cc1F. The molecule has 0 amide bonds. The zero-order valence-corrected chi connectivity index (χ0v) is 23.5. The van der Waals surface area contributed by atoms with Gasteiger partial charge >= 0.3 is 5.97 Å². The molecule has 5 nitrogen and oxygen atoms in total. The number of hydrogen-bond donors (Lipinski definition) is 1. The molecule has 41 heavy (non-hydrogen) atoms. The van der Waals surface area contributed by atoms with Crippen molar-refractivity contribution in [1.29, 1.82) is 0 Å². The van der Waals surface area contributed by atoms with Crippen molar-refractivity contribution >= 4 is 41.3 Å². The van der Waals surface area contributed by atoms with Crippen molar-refractivity contribution in [2.75, 3.05) is 0 Å². The third-order valence-electron chi connectivity index (χ3n) is 6.56. The fourth-order valence-electron chi connectivity index (χ4n) is 4.30. The Morgan fingerprint density at radius 3 is 2.34 bits per heavy atom. The van der Waals surface area contributed by atoms with Crippen LogP contribution in [0, 0.1) is 5.82 Å². The maximum atomic E-state index is 15.1. The number of rotatable bonds is 9. The molecule has 1 heterocycles. The molecule has 0 bridgehead atoms. The zero-order valence-electron chi connectivity index (χ0n) is 22.0. The standard InChI is InChI=1S/C33H25Cl2FN2O3/c1-2-38-19-31(28-15-12-26(34)18-29(28)35)37-32(38)16-11-23-7-8-25(17-30(23)36)22-9-13-27(14-10-22)41-20-21-3-5-24(6-4-21)33(39)40/h3-19H,2,20H2,1H3,(H,39,40)/b16-11+. The Morgan fingerprint density at radius 2 is 1.68 bits per heavy atom. The van der Waals surface area contributed by atoms with Gasteiger partial charge in [0.2, 0.25) is 0 Å². The monoisotopic (exact) mass is 586 g/mol. The molecule has 206 valence electrons. The maximum absolute atomic E-state index is 15.1. The molecule has 0 atom stereocenters. The predicted molar refractivity (Wildman–Crippen MR) is 162 cm³/mol. The van der Waals surface area contributed by atoms with E-state index in [2.05, 4.69) is 0 Å². The number of benzene rings is 4. The molecule has 1 aromatic heterocycles. The highest BCUT2D eigenvalue weighted by Crippen LogP contribution is 2.30. The Bertz CT molecular complexity index is 1730. The van der Waals surface area contributed by atoms with E-state index in [4.69, 9.17) is 38.0 Å². The fraction of sp³-hybridized carbons (Fsp3) is 0.0909. The summed E-state index contributed by atoms with van der Waals surface area (Å²) in [6, 6.07) is 24.3. The predicted octanol–water partition coefficient (Wildman–Crippen LogP) is 9.13. The topological polar surface area (TPSA) is 64.4 Å². The number of hydrogen-bond acceptors (Lipinski definition) is 3. The second kappa shape index (κ2) is 12.4. The molecule has 0 aliphatic rings. The Hall–Kier alpha value is -4.39. The summed E-state index contributed by atoms with van der Waals surface area (Å²) >= 11 is 12.4. The van der Waals surface area contributed by atoms with Crippen molar-refractivity contribution < 1.29 is 19.0 Å². The van der Waals surface area contributed by atoms with Crippen LogP contribution in [-0.2, 0) is 13.2 Å². The molecule has 5 rings (SSSR count). The number of aryl methyl sites for hydroxylation is 1. The van der Waals surface area contributed by atoms with Crippen molar-refractivity contribution in [2.24, 2.45) is 0 Å². The van der Waals surface area contributed by atoms with E-state index in [-0.39, 0.29) is 11.4 Å². The lowest BCUT2D eigenvalue weighted by Gasteiger charge is -2.09. The van der Waals surface area contributed by atoms with E-state index in [1.54, 1.807) is 54.6 Å². The van der Waals surface area contributed by atoms with Gasteiger partial charge in [-0.25, -0.2) is 14.2 Å². The number of imidazole rings is 1. The van der Waals surface area contributed by atoms with Crippen LogP contribution >= 0.6 is 23.2 Å². The van der Waals surface area contributed by atoms with Crippen molar-refractivity contribution in [3.63, 3.8) is 0 Å². The summed E-state index contributed by atoms with van der Waals surface area (Å²) in [6.45, 7) is 3.01. The first-order chi connectivity index (χ1) is 19.8. The van der Waals surface area contributed by atoms with Crippen LogP contribution in [0.2, 0.25) is 10.0 Å². The van der Waals surface area contributed by atoms with Gasteiger partial charge in [0.25, 0.3) is 0 Å². The lowest BCUT2D eigenvalue weighted by molar-refractivity contribution is 0.0697. The van der Waals surface area contributed by atoms with Gasteiger partial charge in [-0.1, -0.05) is 59.6 Å². The van der Waals surface area contributed by atoms with Crippen LogP contribution in [0.4, 0.5) is 4.39 Å². The van der Waals surface area contributed by atoms with Crippen molar-refractivity contribution in [2.45, 2.75) is 20.1 Å². The smallest absolute Gasteiger partial charge is 0.335 e. The number of aromatic carboxylic acids is 1. The van der Waals surface area contributed by atoms with E-state index in [1.807, 2.05) is 54.1 Å². The van der Waals surface area contributed by atoms with Crippen LogP contribution in [0.5, 0.6) is 5.75 Å². The van der Waals surface area contributed by atoms with Crippen LogP contribution in [-0.4, -0.2) is 20.6 Å². The lowest BCUT2D eigenvalue weighted by atomic mass is 10.0. The molecule has 0 aliphatic carbocycles. The first-order valence-corrected chi connectivity index (χ1v) is 13.6. The van der Waals surface area contributed by atoms with Gasteiger partial charge in [-0.15, -0.1) is 0 Å². The minimum Gasteiger partial charge on any atom is -0.489 e. The van der Waals surface area contributed by atoms with Crippen LogP contribution in [0.25, 0.3) is 34.5 Å². The average molecular weight is 587 g/mol. The Kier molecular flexibility index (Phi) is 8.53. The highest BCUT2D eigenvalue weighted by atomic mass is 35.5. The van der Waals surface area contributed by atoms with Gasteiger partial charge in [0.1, 0.15) is 24.0 Å². The molecule has 4 aromatic carbocycles. The Labute approximate surface area is 247 Å². The number of ether oxygens (including phenoxy) is 1. The number of halogens is 3. The summed E-state index contributed by atoms with van der Waals surface area (Å²) in [4.78, 5) is 15.7. The molecular formula is C33H25Cl2FN2O3. The highest BCUT2D eigenvalue weighted by Gasteiger charge is 2.11. The summed E-state index contributed by atoms with van der Waals surface area (Å²) in [6.07, 6.45) is 5.41. The van der Waals surface area contributed by atoms with E-state index < -0.39 is 5.97 Å². The van der Waals surface area contributed by atoms with Gasteiger partial charge < -0.3 is 14.4 Å². The third kappa shape index (κ3) is 6.68. The molecule has 8 heteroatoms. The number of nitrogens with zero attached hydrogens (tertiary/aromatic N) is 2. The van der Waals surface area contributed by atoms with E-state index in [0.29, 0.717) is 46.0 Å². The van der Waals surface area contributed by atoms with E-state index >= 15 is 4.39 Å². The van der Waals surface area contributed by atoms with Gasteiger partial charge in [0.15, 0.2) is 0 Å². The average Bonchev–Trinajstić information content (AvgIpc) is 3.38. The molecular weight excluding hydrogens is 562 g/mol. The van der Waals surface area contributed by atoms with Gasteiger partial charge in [-0.05, 0) is 84.3 Å². The van der Waals surface area contributed by atoms with E-state index in [9.17, 15) is 4.79 Å². The molecule has 0 unspecified atom stereocenters. The minimum absolute atomic E-state index is 0.229. The third-order valence-corrected chi connectivity index (χ3v) is 7.11. The van der Waals surface area contributed by atoms with E-state index in [0.717, 1.165) is 22.3 Å². The molecule has 0 saturated heterocycles. The lowest BCUT2D eigenvalue weighted by Crippen LogP contribution is -1.98. The molecule has 0 saturated carbocycles. The number of carboxylic acids is 1. The van der Waals surface area contributed by atoms with Gasteiger partial charge in [-0.3, -0.25) is 0 Å². The van der Waals surface area contributed by atoms with Gasteiger partial charge in [-0.2, -0.15) is 0 Å². The Balaban J connectivity index is 1.27. The molecule has 0 radical (unpaired) electrons. The summed E-state index contributed by atoms with van der Waals surface area (Å²) < 4.78 is 22.9. The summed E-state index contributed by atoms with van der Waals surface area (Å²) in [5, 5.41) is 10.1. The number of carboxylic acid groups (broad SMARTS) is 1. The van der Waals surface area contributed by atoms with Crippen LogP contribution in [0.1, 0.15) is 34.2 Å². The molecule has 0 fully saturated rings. The van der Waals surface area contributed by atoms with Crippen LogP contribution in [0.15, 0.2) is 91.1 Å². The zero-order chi connectivity index (χ0) is 28.9. The van der Waals surface area contributed by atoms with Crippen LogP contribution in [0.3, 0.4) is 0 Å². The summed E-state index contributed by atoms with van der Waals surface area (Å²) in [7, 11) is 0. The fourth-order valence-corrected chi connectivity index (χ4v) is 4.81.